The fraction of sp³-hybridized carbons (Fsp3) is 0. The molecule has 0 radical (unpaired) electrons. The third-order valence-electron chi connectivity index (χ3n) is 4.26. The quantitative estimate of drug-likeness (QED) is 0.132. The molecule has 4 rings (SSSR count). The van der Waals surface area contributed by atoms with Crippen LogP contribution >= 0.6 is 90.4 Å². The Hall–Kier alpha value is -1.52. The molecule has 4 aromatic rings. The molecule has 0 amide bonds. The molecule has 0 atom stereocenters. The van der Waals surface area contributed by atoms with Crippen LogP contribution in [0, 0.1) is 51.3 Å². The number of terminal acetylenes is 3. The molecule has 4 aromatic carbocycles. The lowest BCUT2D eigenvalue weighted by Crippen LogP contribution is -1.82. The van der Waals surface area contributed by atoms with Gasteiger partial charge in [0.05, 0.1) is 0 Å². The molecule has 0 aromatic heterocycles. The lowest BCUT2D eigenvalue weighted by atomic mass is 10.1. The van der Waals surface area contributed by atoms with Gasteiger partial charge >= 0.3 is 0 Å². The minimum absolute atomic E-state index is 0.721. The normalized spacial score (nSPS) is 9.09. The van der Waals surface area contributed by atoms with Gasteiger partial charge in [-0.05, 0) is 168 Å². The van der Waals surface area contributed by atoms with Crippen molar-refractivity contribution in [1.29, 1.82) is 0 Å². The summed E-state index contributed by atoms with van der Waals surface area (Å²) in [6.45, 7) is 0. The van der Waals surface area contributed by atoms with Gasteiger partial charge in [-0.15, -0.1) is 19.3 Å². The van der Waals surface area contributed by atoms with Crippen LogP contribution in [0.4, 0.5) is 0 Å². The van der Waals surface area contributed by atoms with E-state index < -0.39 is 0 Å². The second kappa shape index (κ2) is 15.5. The molecule has 34 heavy (non-hydrogen) atoms. The predicted molar refractivity (Wildman–Crippen MR) is 179 cm³/mol. The van der Waals surface area contributed by atoms with E-state index in [2.05, 4.69) is 181 Å². The van der Waals surface area contributed by atoms with Gasteiger partial charge in [0.2, 0.25) is 0 Å². The predicted octanol–water partition coefficient (Wildman–Crippen LogP) is 9.09. The molecule has 0 nitrogen and oxygen atoms in total. The SMILES string of the molecule is C#Cc1cc(C#C)cc(C#C)c1.Ic1ccc(-c2ccc(I)cc2)cc1.Ic1ccc(I)cc1. The van der Waals surface area contributed by atoms with Crippen LogP contribution in [0.25, 0.3) is 11.1 Å². The zero-order valence-corrected chi connectivity index (χ0v) is 26.5. The largest absolute Gasteiger partial charge is 0.115 e. The van der Waals surface area contributed by atoms with Gasteiger partial charge in [0.1, 0.15) is 0 Å². The average Bonchev–Trinajstić information content (AvgIpc) is 2.87. The fourth-order valence-electron chi connectivity index (χ4n) is 2.59. The molecule has 0 unspecified atom stereocenters. The molecule has 0 saturated carbocycles. The van der Waals surface area contributed by atoms with Crippen LogP contribution in [0.1, 0.15) is 16.7 Å². The van der Waals surface area contributed by atoms with Crippen molar-refractivity contribution < 1.29 is 0 Å². The summed E-state index contributed by atoms with van der Waals surface area (Å²) in [5.41, 5.74) is 4.72. The molecule has 0 aliphatic carbocycles. The molecule has 0 saturated heterocycles. The van der Waals surface area contributed by atoms with E-state index in [0.717, 1.165) is 16.7 Å². The van der Waals surface area contributed by atoms with Crippen LogP contribution in [-0.2, 0) is 0 Å². The molecule has 0 fully saturated rings. The summed E-state index contributed by atoms with van der Waals surface area (Å²) in [4.78, 5) is 0. The van der Waals surface area contributed by atoms with Gasteiger partial charge in [-0.2, -0.15) is 0 Å². The number of rotatable bonds is 1. The van der Waals surface area contributed by atoms with Gasteiger partial charge in [-0.1, -0.05) is 42.0 Å². The fourth-order valence-corrected chi connectivity index (χ4v) is 4.03. The minimum Gasteiger partial charge on any atom is -0.115 e. The third-order valence-corrected chi connectivity index (χ3v) is 7.13. The summed E-state index contributed by atoms with van der Waals surface area (Å²) in [6, 6.07) is 30.8. The summed E-state index contributed by atoms with van der Waals surface area (Å²) in [5.74, 6) is 7.46. The highest BCUT2D eigenvalue weighted by Crippen LogP contribution is 2.21. The Kier molecular flexibility index (Phi) is 13.1. The van der Waals surface area contributed by atoms with Crippen molar-refractivity contribution in [3.8, 4) is 48.2 Å². The average molecular weight is 886 g/mol. The Morgan fingerprint density at radius 1 is 0.382 bits per heavy atom. The lowest BCUT2D eigenvalue weighted by Gasteiger charge is -2.01. The molecule has 0 heterocycles. The van der Waals surface area contributed by atoms with Crippen LogP contribution < -0.4 is 0 Å². The van der Waals surface area contributed by atoms with E-state index in [1.807, 2.05) is 0 Å². The van der Waals surface area contributed by atoms with E-state index in [0.29, 0.717) is 0 Å². The van der Waals surface area contributed by atoms with Crippen molar-refractivity contribution in [2.24, 2.45) is 0 Å². The monoisotopic (exact) mass is 886 g/mol. The van der Waals surface area contributed by atoms with E-state index in [9.17, 15) is 0 Å². The first-order valence-electron chi connectivity index (χ1n) is 9.82. The van der Waals surface area contributed by atoms with Gasteiger partial charge in [0.15, 0.2) is 0 Å². The molecule has 0 N–H and O–H groups in total. The van der Waals surface area contributed by atoms with Crippen molar-refractivity contribution in [3.63, 3.8) is 0 Å². The molecule has 4 heteroatoms. The van der Waals surface area contributed by atoms with Crippen LogP contribution in [0.5, 0.6) is 0 Å². The van der Waals surface area contributed by atoms with E-state index in [-0.39, 0.29) is 0 Å². The lowest BCUT2D eigenvalue weighted by molar-refractivity contribution is 1.56. The number of benzene rings is 4. The standard InChI is InChI=1S/C12H8I2.C12H6.C6H4I2/c13-11-5-1-9(2-6-11)10-3-7-12(14)8-4-10;1-4-10-7-11(5-2)9-12(6-3)8-10;7-5-1-2-6(8)4-3-5/h1-8H;1-3,7-9H;1-4H. The van der Waals surface area contributed by atoms with Crippen LogP contribution in [-0.4, -0.2) is 0 Å². The highest BCUT2D eigenvalue weighted by molar-refractivity contribution is 14.1. The Labute approximate surface area is 257 Å². The van der Waals surface area contributed by atoms with Gasteiger partial charge in [0.25, 0.3) is 0 Å². The van der Waals surface area contributed by atoms with Crippen molar-refractivity contribution in [1.82, 2.24) is 0 Å². The maximum absolute atomic E-state index is 5.21. The molecular weight excluding hydrogens is 868 g/mol. The first-order chi connectivity index (χ1) is 16.3. The summed E-state index contributed by atoms with van der Waals surface area (Å²) in [6.07, 6.45) is 15.6. The Balaban J connectivity index is 0.000000187. The molecule has 0 bridgehead atoms. The van der Waals surface area contributed by atoms with Gasteiger partial charge < -0.3 is 0 Å². The molecule has 166 valence electrons. The second-order valence-corrected chi connectivity index (χ2v) is 11.7. The van der Waals surface area contributed by atoms with Gasteiger partial charge in [-0.25, -0.2) is 0 Å². The maximum atomic E-state index is 5.21. The Morgan fingerprint density at radius 2 is 0.588 bits per heavy atom. The molecular formula is C30H18I4. The summed E-state index contributed by atoms with van der Waals surface area (Å²) in [7, 11) is 0. The third kappa shape index (κ3) is 10.4. The number of hydrogen-bond acceptors (Lipinski definition) is 0. The Bertz CT molecular complexity index is 1190. The topological polar surface area (TPSA) is 0 Å². The van der Waals surface area contributed by atoms with E-state index in [1.54, 1.807) is 18.2 Å². The van der Waals surface area contributed by atoms with Gasteiger partial charge in [-0.3, -0.25) is 0 Å². The van der Waals surface area contributed by atoms with Crippen LogP contribution in [0.15, 0.2) is 91.0 Å². The maximum Gasteiger partial charge on any atom is 0.0267 e. The summed E-state index contributed by atoms with van der Waals surface area (Å²) >= 11 is 9.23. The smallest absolute Gasteiger partial charge is 0.0267 e. The molecule has 0 aliphatic heterocycles. The Morgan fingerprint density at radius 3 is 0.794 bits per heavy atom. The zero-order valence-electron chi connectivity index (χ0n) is 17.9. The summed E-state index contributed by atoms with van der Waals surface area (Å²) in [5, 5.41) is 0. The summed E-state index contributed by atoms with van der Waals surface area (Å²) < 4.78 is 5.14. The van der Waals surface area contributed by atoms with Crippen molar-refractivity contribution in [2.75, 3.05) is 0 Å². The van der Waals surface area contributed by atoms with E-state index >= 15 is 0 Å². The number of hydrogen-bond donors (Lipinski definition) is 0. The van der Waals surface area contributed by atoms with Crippen molar-refractivity contribution >= 4 is 90.4 Å². The zero-order chi connectivity index (χ0) is 24.9. The van der Waals surface area contributed by atoms with E-state index in [4.69, 9.17) is 19.3 Å². The van der Waals surface area contributed by atoms with Crippen molar-refractivity contribution in [3.05, 3.63) is 122 Å². The minimum atomic E-state index is 0.721. The second-order valence-electron chi connectivity index (χ2n) is 6.68. The molecule has 0 aliphatic rings. The first-order valence-corrected chi connectivity index (χ1v) is 14.1. The molecule has 0 spiro atoms. The van der Waals surface area contributed by atoms with Gasteiger partial charge in [0, 0.05) is 31.0 Å². The first kappa shape index (κ1) is 28.7. The van der Waals surface area contributed by atoms with Crippen LogP contribution in [0.2, 0.25) is 0 Å². The van der Waals surface area contributed by atoms with Crippen molar-refractivity contribution in [2.45, 2.75) is 0 Å². The highest BCUT2D eigenvalue weighted by Gasteiger charge is 1.96. The highest BCUT2D eigenvalue weighted by atomic mass is 127. The number of halogens is 4. The van der Waals surface area contributed by atoms with Crippen LogP contribution in [0.3, 0.4) is 0 Å². The van der Waals surface area contributed by atoms with E-state index in [1.165, 1.54) is 25.4 Å².